The van der Waals surface area contributed by atoms with Crippen LogP contribution >= 0.6 is 0 Å². The zero-order chi connectivity index (χ0) is 26.0. The van der Waals surface area contributed by atoms with Crippen molar-refractivity contribution in [2.75, 3.05) is 23.7 Å². The molecule has 1 aliphatic heterocycles. The number of halogens is 1. The van der Waals surface area contributed by atoms with E-state index >= 15 is 0 Å². The van der Waals surface area contributed by atoms with Crippen molar-refractivity contribution in [1.29, 1.82) is 0 Å². The molecule has 194 valence electrons. The van der Waals surface area contributed by atoms with Gasteiger partial charge in [-0.3, -0.25) is 4.79 Å². The minimum Gasteiger partial charge on any atom is -0.380 e. The number of piperidine rings is 1. The number of nitrogens with two attached hydrogens (primary N) is 1. The van der Waals surface area contributed by atoms with E-state index < -0.39 is 15.9 Å². The van der Waals surface area contributed by atoms with E-state index in [4.69, 9.17) is 5.73 Å². The van der Waals surface area contributed by atoms with Crippen molar-refractivity contribution in [1.82, 2.24) is 9.29 Å². The fourth-order valence-corrected chi connectivity index (χ4v) is 6.58. The van der Waals surface area contributed by atoms with Gasteiger partial charge in [0.05, 0.1) is 16.5 Å². The van der Waals surface area contributed by atoms with Crippen molar-refractivity contribution < 1.29 is 17.6 Å². The second kappa shape index (κ2) is 10.5. The lowest BCUT2D eigenvalue weighted by Crippen LogP contribution is -2.39. The molecule has 1 aromatic heterocycles. The Kier molecular flexibility index (Phi) is 7.12. The summed E-state index contributed by atoms with van der Waals surface area (Å²) in [5.41, 5.74) is 8.64. The van der Waals surface area contributed by atoms with Gasteiger partial charge < -0.3 is 16.4 Å². The molecule has 0 radical (unpaired) electrons. The first kappa shape index (κ1) is 25.2. The quantitative estimate of drug-likeness (QED) is 0.384. The first-order valence-corrected chi connectivity index (χ1v) is 13.9. The van der Waals surface area contributed by atoms with Crippen LogP contribution in [0, 0.1) is 5.82 Å². The van der Waals surface area contributed by atoms with Gasteiger partial charge in [-0.2, -0.15) is 0 Å². The van der Waals surface area contributed by atoms with Crippen LogP contribution in [0.2, 0.25) is 0 Å². The van der Waals surface area contributed by atoms with Gasteiger partial charge in [-0.15, -0.1) is 0 Å². The molecule has 0 bridgehead atoms. The number of benzene rings is 2. The molecular formula is C27H30FN5O3S. The molecule has 2 aliphatic rings. The van der Waals surface area contributed by atoms with E-state index in [1.165, 1.54) is 17.8 Å². The number of carbonyl (C=O) groups excluding carboxylic acids is 1. The van der Waals surface area contributed by atoms with Gasteiger partial charge in [-0.05, 0) is 55.4 Å². The van der Waals surface area contributed by atoms with Crippen molar-refractivity contribution in [3.8, 4) is 0 Å². The van der Waals surface area contributed by atoms with Crippen LogP contribution in [0.1, 0.15) is 53.1 Å². The number of amides is 1. The summed E-state index contributed by atoms with van der Waals surface area (Å²) in [6, 6.07) is 16.1. The molecule has 5 rings (SSSR count). The summed E-state index contributed by atoms with van der Waals surface area (Å²) in [7, 11) is -3.11. The Labute approximate surface area is 216 Å². The first-order valence-electron chi connectivity index (χ1n) is 12.4. The number of pyridine rings is 1. The molecule has 2 heterocycles. The van der Waals surface area contributed by atoms with Crippen LogP contribution in [-0.2, 0) is 16.6 Å². The molecule has 1 saturated carbocycles. The molecule has 37 heavy (non-hydrogen) atoms. The predicted molar refractivity (Wildman–Crippen MR) is 142 cm³/mol. The van der Waals surface area contributed by atoms with E-state index in [1.54, 1.807) is 28.6 Å². The Hall–Kier alpha value is -3.50. The molecule has 1 aliphatic carbocycles. The molecule has 10 heteroatoms. The fraction of sp³-hybridized carbons (Fsp3) is 0.333. The zero-order valence-electron chi connectivity index (χ0n) is 20.4. The third kappa shape index (κ3) is 5.75. The number of nitrogens with one attached hydrogen (secondary N) is 2. The lowest BCUT2D eigenvalue weighted by molar-refractivity contribution is 0.100. The van der Waals surface area contributed by atoms with Gasteiger partial charge in [-0.25, -0.2) is 22.1 Å². The number of aromatic nitrogens is 1. The lowest BCUT2D eigenvalue weighted by Gasteiger charge is -2.31. The number of sulfonamides is 1. The van der Waals surface area contributed by atoms with Crippen molar-refractivity contribution in [2.24, 2.45) is 5.73 Å². The van der Waals surface area contributed by atoms with Crippen molar-refractivity contribution in [3.05, 3.63) is 83.3 Å². The van der Waals surface area contributed by atoms with Crippen LogP contribution in [0.3, 0.4) is 0 Å². The topological polar surface area (TPSA) is 117 Å². The van der Waals surface area contributed by atoms with E-state index in [-0.39, 0.29) is 23.2 Å². The highest BCUT2D eigenvalue weighted by Gasteiger charge is 2.41. The van der Waals surface area contributed by atoms with E-state index in [0.717, 1.165) is 31.4 Å². The smallest absolute Gasteiger partial charge is 0.252 e. The number of primary amides is 1. The van der Waals surface area contributed by atoms with Gasteiger partial charge in [-0.1, -0.05) is 30.3 Å². The maximum atomic E-state index is 14.0. The summed E-state index contributed by atoms with van der Waals surface area (Å²) < 4.78 is 40.6. The van der Waals surface area contributed by atoms with Gasteiger partial charge in [0, 0.05) is 43.1 Å². The third-order valence-electron chi connectivity index (χ3n) is 7.01. The molecular weight excluding hydrogens is 493 g/mol. The van der Waals surface area contributed by atoms with Gasteiger partial charge in [0.15, 0.2) is 0 Å². The predicted octanol–water partition coefficient (Wildman–Crippen LogP) is 4.35. The van der Waals surface area contributed by atoms with Gasteiger partial charge in [0.2, 0.25) is 10.0 Å². The Morgan fingerprint density at radius 1 is 1.05 bits per heavy atom. The van der Waals surface area contributed by atoms with Crippen molar-refractivity contribution in [2.45, 2.75) is 43.4 Å². The Bertz CT molecular complexity index is 1390. The first-order chi connectivity index (χ1) is 17.8. The number of hydrogen-bond donors (Lipinski definition) is 3. The lowest BCUT2D eigenvalue weighted by atomic mass is 9.90. The summed E-state index contributed by atoms with van der Waals surface area (Å²) in [4.78, 5) is 16.2. The maximum absolute atomic E-state index is 14.0. The summed E-state index contributed by atoms with van der Waals surface area (Å²) in [6.07, 6.45) is 4.60. The van der Waals surface area contributed by atoms with E-state index in [2.05, 4.69) is 15.6 Å². The van der Waals surface area contributed by atoms with E-state index in [9.17, 15) is 17.6 Å². The normalized spacial score (nSPS) is 16.9. The van der Waals surface area contributed by atoms with Crippen molar-refractivity contribution >= 4 is 33.1 Å². The molecule has 8 nitrogen and oxygen atoms in total. The average molecular weight is 524 g/mol. The highest BCUT2D eigenvalue weighted by Crippen LogP contribution is 2.36. The molecule has 3 aromatic rings. The Morgan fingerprint density at radius 2 is 1.76 bits per heavy atom. The van der Waals surface area contributed by atoms with E-state index in [0.29, 0.717) is 36.1 Å². The number of nitrogens with zero attached hydrogens (tertiary/aromatic N) is 2. The zero-order valence-corrected chi connectivity index (χ0v) is 21.2. The SMILES string of the molecule is NC(=O)c1cnc(Nc2ccc(C3CCN(S(=O)(=O)C4CC4)CC3)cc2)cc1NCc1ccccc1F. The number of rotatable bonds is 9. The second-order valence-electron chi connectivity index (χ2n) is 9.59. The molecule has 2 fully saturated rings. The van der Waals surface area contributed by atoms with E-state index in [1.807, 2.05) is 24.3 Å². The Balaban J connectivity index is 1.23. The molecule has 1 saturated heterocycles. The maximum Gasteiger partial charge on any atom is 0.252 e. The minimum atomic E-state index is -3.11. The van der Waals surface area contributed by atoms with Gasteiger partial charge in [0.1, 0.15) is 11.6 Å². The summed E-state index contributed by atoms with van der Waals surface area (Å²) in [5.74, 6) is -0.136. The molecule has 1 amide bonds. The third-order valence-corrected chi connectivity index (χ3v) is 9.41. The molecule has 4 N–H and O–H groups in total. The molecule has 0 atom stereocenters. The van der Waals surface area contributed by atoms with Crippen LogP contribution in [0.15, 0.2) is 60.8 Å². The van der Waals surface area contributed by atoms with Crippen LogP contribution in [0.4, 0.5) is 21.6 Å². The van der Waals surface area contributed by atoms with Crippen LogP contribution < -0.4 is 16.4 Å². The second-order valence-corrected chi connectivity index (χ2v) is 11.8. The van der Waals surface area contributed by atoms with Gasteiger partial charge in [0.25, 0.3) is 5.91 Å². The molecule has 0 spiro atoms. The fourth-order valence-electron chi connectivity index (χ4n) is 4.71. The largest absolute Gasteiger partial charge is 0.380 e. The summed E-state index contributed by atoms with van der Waals surface area (Å²) >= 11 is 0. The monoisotopic (exact) mass is 523 g/mol. The van der Waals surface area contributed by atoms with Crippen LogP contribution in [0.5, 0.6) is 0 Å². The summed E-state index contributed by atoms with van der Waals surface area (Å²) in [6.45, 7) is 1.33. The number of anilines is 3. The highest BCUT2D eigenvalue weighted by molar-refractivity contribution is 7.90. The standard InChI is InChI=1S/C27H30FN5O3S/c28-24-4-2-1-3-20(24)16-30-25-15-26(31-17-23(25)27(29)34)32-21-7-5-18(6-8-21)19-11-13-33(14-12-19)37(35,36)22-9-10-22/h1-8,15,17,19,22H,9-14,16H2,(H2,29,34)(H2,30,31,32). The summed E-state index contributed by atoms with van der Waals surface area (Å²) in [5, 5.41) is 6.16. The average Bonchev–Trinajstić information content (AvgIpc) is 3.75. The van der Waals surface area contributed by atoms with Crippen LogP contribution in [-0.4, -0.2) is 42.0 Å². The Morgan fingerprint density at radius 3 is 2.41 bits per heavy atom. The van der Waals surface area contributed by atoms with Crippen LogP contribution in [0.25, 0.3) is 0 Å². The highest BCUT2D eigenvalue weighted by atomic mass is 32.2. The molecule has 0 unspecified atom stereocenters. The van der Waals surface area contributed by atoms with Crippen molar-refractivity contribution in [3.63, 3.8) is 0 Å². The minimum absolute atomic E-state index is 0.157. The number of carbonyl (C=O) groups is 1. The molecule has 2 aromatic carbocycles. The van der Waals surface area contributed by atoms with Gasteiger partial charge >= 0.3 is 0 Å². The number of hydrogen-bond acceptors (Lipinski definition) is 6.